The molecule has 20 heavy (non-hydrogen) atoms. The van der Waals surface area contributed by atoms with Crippen LogP contribution in [0.4, 0.5) is 0 Å². The lowest BCUT2D eigenvalue weighted by atomic mass is 9.96. The number of hydrogen-bond acceptors (Lipinski definition) is 3. The van der Waals surface area contributed by atoms with E-state index in [1.165, 1.54) is 0 Å². The number of aryl methyl sites for hydroxylation is 2. The van der Waals surface area contributed by atoms with E-state index in [4.69, 9.17) is 9.47 Å². The van der Waals surface area contributed by atoms with Crippen LogP contribution in [0.3, 0.4) is 0 Å². The van der Waals surface area contributed by atoms with Gasteiger partial charge in [0.05, 0.1) is 19.8 Å². The Kier molecular flexibility index (Phi) is 4.08. The van der Waals surface area contributed by atoms with Gasteiger partial charge in [0.15, 0.2) is 5.78 Å². The predicted molar refractivity (Wildman–Crippen MR) is 78.9 cm³/mol. The maximum absolute atomic E-state index is 12.7. The Balaban J connectivity index is 2.50. The zero-order chi connectivity index (χ0) is 14.7. The van der Waals surface area contributed by atoms with Crippen molar-refractivity contribution in [1.82, 2.24) is 0 Å². The van der Waals surface area contributed by atoms with Gasteiger partial charge in [0, 0.05) is 11.6 Å². The van der Waals surface area contributed by atoms with Crippen molar-refractivity contribution in [2.75, 3.05) is 14.2 Å². The van der Waals surface area contributed by atoms with Crippen molar-refractivity contribution in [3.8, 4) is 11.5 Å². The fourth-order valence-corrected chi connectivity index (χ4v) is 2.11. The Morgan fingerprint density at radius 1 is 0.900 bits per heavy atom. The van der Waals surface area contributed by atoms with Crippen molar-refractivity contribution in [2.45, 2.75) is 13.8 Å². The van der Waals surface area contributed by atoms with Crippen molar-refractivity contribution >= 4 is 5.78 Å². The molecule has 0 heterocycles. The molecule has 0 aliphatic heterocycles. The average Bonchev–Trinajstić information content (AvgIpc) is 2.48. The molecule has 3 heteroatoms. The third-order valence-corrected chi connectivity index (χ3v) is 3.29. The SMILES string of the molecule is COc1ccc(C(=O)c2cc(C)ccc2C)c(OC)c1. The highest BCUT2D eigenvalue weighted by Crippen LogP contribution is 2.27. The molecule has 0 amide bonds. The summed E-state index contributed by atoms with van der Waals surface area (Å²) in [6.45, 7) is 3.91. The molecule has 0 unspecified atom stereocenters. The van der Waals surface area contributed by atoms with E-state index in [9.17, 15) is 4.79 Å². The third-order valence-electron chi connectivity index (χ3n) is 3.29. The topological polar surface area (TPSA) is 35.5 Å². The van der Waals surface area contributed by atoms with E-state index in [1.54, 1.807) is 32.4 Å². The first kappa shape index (κ1) is 14.1. The predicted octanol–water partition coefficient (Wildman–Crippen LogP) is 3.55. The summed E-state index contributed by atoms with van der Waals surface area (Å²) in [6.07, 6.45) is 0. The molecule has 2 aromatic carbocycles. The molecule has 0 atom stereocenters. The summed E-state index contributed by atoms with van der Waals surface area (Å²) in [7, 11) is 3.13. The summed E-state index contributed by atoms with van der Waals surface area (Å²) in [5, 5.41) is 0. The van der Waals surface area contributed by atoms with Crippen LogP contribution in [0, 0.1) is 13.8 Å². The van der Waals surface area contributed by atoms with E-state index in [0.717, 1.165) is 11.1 Å². The van der Waals surface area contributed by atoms with Gasteiger partial charge in [0.1, 0.15) is 11.5 Å². The lowest BCUT2D eigenvalue weighted by Gasteiger charge is -2.11. The van der Waals surface area contributed by atoms with Gasteiger partial charge in [-0.2, -0.15) is 0 Å². The highest BCUT2D eigenvalue weighted by atomic mass is 16.5. The van der Waals surface area contributed by atoms with Crippen LogP contribution in [-0.4, -0.2) is 20.0 Å². The van der Waals surface area contributed by atoms with Crippen LogP contribution in [-0.2, 0) is 0 Å². The Morgan fingerprint density at radius 2 is 1.65 bits per heavy atom. The van der Waals surface area contributed by atoms with Crippen LogP contribution < -0.4 is 9.47 Å². The van der Waals surface area contributed by atoms with E-state index < -0.39 is 0 Å². The highest BCUT2D eigenvalue weighted by molar-refractivity contribution is 6.11. The number of carbonyl (C=O) groups is 1. The Bertz CT molecular complexity index is 645. The quantitative estimate of drug-likeness (QED) is 0.797. The molecule has 0 aromatic heterocycles. The second kappa shape index (κ2) is 5.78. The second-order valence-electron chi connectivity index (χ2n) is 4.71. The van der Waals surface area contributed by atoms with Crippen LogP contribution in [0.25, 0.3) is 0 Å². The van der Waals surface area contributed by atoms with Gasteiger partial charge in [-0.05, 0) is 37.6 Å². The summed E-state index contributed by atoms with van der Waals surface area (Å²) < 4.78 is 10.4. The maximum Gasteiger partial charge on any atom is 0.197 e. The van der Waals surface area contributed by atoms with Gasteiger partial charge in [0.25, 0.3) is 0 Å². The van der Waals surface area contributed by atoms with Crippen molar-refractivity contribution < 1.29 is 14.3 Å². The Labute approximate surface area is 119 Å². The molecule has 0 spiro atoms. The van der Waals surface area contributed by atoms with Gasteiger partial charge in [0.2, 0.25) is 0 Å². The number of methoxy groups -OCH3 is 2. The molecular weight excluding hydrogens is 252 g/mol. The molecule has 3 nitrogen and oxygen atoms in total. The van der Waals surface area contributed by atoms with Crippen LogP contribution in [0.15, 0.2) is 36.4 Å². The summed E-state index contributed by atoms with van der Waals surface area (Å²) in [6, 6.07) is 11.1. The fraction of sp³-hybridized carbons (Fsp3) is 0.235. The second-order valence-corrected chi connectivity index (χ2v) is 4.71. The van der Waals surface area contributed by atoms with Crippen LogP contribution in [0.5, 0.6) is 11.5 Å². The largest absolute Gasteiger partial charge is 0.497 e. The van der Waals surface area contributed by atoms with Gasteiger partial charge in [-0.15, -0.1) is 0 Å². The molecule has 0 saturated heterocycles. The number of ketones is 1. The Morgan fingerprint density at radius 3 is 2.30 bits per heavy atom. The lowest BCUT2D eigenvalue weighted by Crippen LogP contribution is -2.06. The van der Waals surface area contributed by atoms with E-state index in [2.05, 4.69) is 0 Å². The first-order valence-corrected chi connectivity index (χ1v) is 6.40. The highest BCUT2D eigenvalue weighted by Gasteiger charge is 2.17. The zero-order valence-electron chi connectivity index (χ0n) is 12.2. The number of carbonyl (C=O) groups excluding carboxylic acids is 1. The normalized spacial score (nSPS) is 10.2. The smallest absolute Gasteiger partial charge is 0.197 e. The van der Waals surface area contributed by atoms with E-state index in [-0.39, 0.29) is 5.78 Å². The molecule has 0 N–H and O–H groups in total. The molecule has 0 aliphatic carbocycles. The summed E-state index contributed by atoms with van der Waals surface area (Å²) in [5.41, 5.74) is 3.26. The number of rotatable bonds is 4. The molecule has 0 bridgehead atoms. The van der Waals surface area contributed by atoms with Crippen molar-refractivity contribution in [3.63, 3.8) is 0 Å². The zero-order valence-corrected chi connectivity index (χ0v) is 12.2. The summed E-state index contributed by atoms with van der Waals surface area (Å²) in [4.78, 5) is 12.7. The van der Waals surface area contributed by atoms with Crippen LogP contribution in [0.2, 0.25) is 0 Å². The number of hydrogen-bond donors (Lipinski definition) is 0. The molecule has 2 aromatic rings. The molecule has 0 saturated carbocycles. The number of ether oxygens (including phenoxy) is 2. The minimum absolute atomic E-state index is 0.0364. The van der Waals surface area contributed by atoms with Crippen molar-refractivity contribution in [3.05, 3.63) is 58.7 Å². The summed E-state index contributed by atoms with van der Waals surface area (Å²) >= 11 is 0. The van der Waals surface area contributed by atoms with Crippen molar-refractivity contribution in [2.24, 2.45) is 0 Å². The average molecular weight is 270 g/mol. The van der Waals surface area contributed by atoms with E-state index >= 15 is 0 Å². The Hall–Kier alpha value is -2.29. The molecule has 0 fully saturated rings. The van der Waals surface area contributed by atoms with Gasteiger partial charge >= 0.3 is 0 Å². The fourth-order valence-electron chi connectivity index (χ4n) is 2.11. The van der Waals surface area contributed by atoms with Crippen molar-refractivity contribution in [1.29, 1.82) is 0 Å². The number of benzene rings is 2. The minimum atomic E-state index is -0.0364. The van der Waals surface area contributed by atoms with Gasteiger partial charge in [-0.1, -0.05) is 17.7 Å². The van der Waals surface area contributed by atoms with Gasteiger partial charge in [-0.25, -0.2) is 0 Å². The summed E-state index contributed by atoms with van der Waals surface area (Å²) in [5.74, 6) is 1.15. The molecular formula is C17H18O3. The van der Waals surface area contributed by atoms with E-state index in [1.807, 2.05) is 32.0 Å². The first-order chi connectivity index (χ1) is 9.56. The standard InChI is InChI=1S/C17H18O3/c1-11-5-6-12(2)15(9-11)17(18)14-8-7-13(19-3)10-16(14)20-4/h5-10H,1-4H3. The maximum atomic E-state index is 12.7. The van der Waals surface area contributed by atoms with Crippen LogP contribution in [0.1, 0.15) is 27.0 Å². The lowest BCUT2D eigenvalue weighted by molar-refractivity contribution is 0.103. The third kappa shape index (κ3) is 2.67. The van der Waals surface area contributed by atoms with Gasteiger partial charge in [-0.3, -0.25) is 4.79 Å². The molecule has 0 aliphatic rings. The minimum Gasteiger partial charge on any atom is -0.497 e. The van der Waals surface area contributed by atoms with Gasteiger partial charge < -0.3 is 9.47 Å². The molecule has 104 valence electrons. The van der Waals surface area contributed by atoms with Crippen LogP contribution >= 0.6 is 0 Å². The molecule has 0 radical (unpaired) electrons. The molecule has 2 rings (SSSR count). The first-order valence-electron chi connectivity index (χ1n) is 6.40. The van der Waals surface area contributed by atoms with E-state index in [0.29, 0.717) is 22.6 Å². The monoisotopic (exact) mass is 270 g/mol.